The van der Waals surface area contributed by atoms with Gasteiger partial charge >= 0.3 is 0 Å². The van der Waals surface area contributed by atoms with Crippen LogP contribution in [0.2, 0.25) is 0 Å². The van der Waals surface area contributed by atoms with Crippen LogP contribution in [-0.4, -0.2) is 17.6 Å². The van der Waals surface area contributed by atoms with E-state index in [2.05, 4.69) is 35.4 Å². The Labute approximate surface area is 114 Å². The molecule has 2 atom stereocenters. The topological polar surface area (TPSA) is 50.9 Å². The first kappa shape index (κ1) is 12.4. The Morgan fingerprint density at radius 1 is 1.32 bits per heavy atom. The summed E-state index contributed by atoms with van der Waals surface area (Å²) in [4.78, 5) is 4.49. The minimum absolute atomic E-state index is 0.510. The molecule has 3 rings (SSSR count). The normalized spacial score (nSPS) is 22.8. The lowest BCUT2D eigenvalue weighted by molar-refractivity contribution is 0.517. The number of anilines is 1. The van der Waals surface area contributed by atoms with Crippen molar-refractivity contribution in [2.45, 2.75) is 32.2 Å². The number of nitrogens with zero attached hydrogens (tertiary/aromatic N) is 1. The minimum Gasteiger partial charge on any atom is -0.381 e. The molecule has 19 heavy (non-hydrogen) atoms. The van der Waals surface area contributed by atoms with Gasteiger partial charge in [0, 0.05) is 23.3 Å². The van der Waals surface area contributed by atoms with Gasteiger partial charge in [0.25, 0.3) is 0 Å². The molecule has 3 nitrogen and oxygen atoms in total. The van der Waals surface area contributed by atoms with Gasteiger partial charge in [-0.05, 0) is 56.0 Å². The highest BCUT2D eigenvalue weighted by atomic mass is 14.9. The molecule has 100 valence electrons. The molecule has 3 N–H and O–H groups in total. The predicted molar refractivity (Wildman–Crippen MR) is 80.3 cm³/mol. The molecule has 2 aromatic rings. The molecule has 0 saturated heterocycles. The number of hydrogen-bond acceptors (Lipinski definition) is 3. The van der Waals surface area contributed by atoms with Crippen LogP contribution in [0.5, 0.6) is 0 Å². The van der Waals surface area contributed by atoms with Crippen LogP contribution in [0.4, 0.5) is 5.69 Å². The summed E-state index contributed by atoms with van der Waals surface area (Å²) in [6.07, 6.45) is 5.60. The zero-order valence-electron chi connectivity index (χ0n) is 11.4. The SMILES string of the molecule is Cc1ccc(NC2CCCC2CN)c2cccnc12. The van der Waals surface area contributed by atoms with Gasteiger partial charge < -0.3 is 11.1 Å². The van der Waals surface area contributed by atoms with Crippen LogP contribution >= 0.6 is 0 Å². The molecule has 3 heteroatoms. The molecular formula is C16H21N3. The first-order valence-electron chi connectivity index (χ1n) is 7.10. The third-order valence-corrected chi connectivity index (χ3v) is 4.27. The smallest absolute Gasteiger partial charge is 0.0751 e. The first-order chi connectivity index (χ1) is 9.29. The fourth-order valence-corrected chi connectivity index (χ4v) is 3.15. The summed E-state index contributed by atoms with van der Waals surface area (Å²) in [5.74, 6) is 0.605. The van der Waals surface area contributed by atoms with Crippen molar-refractivity contribution in [2.24, 2.45) is 11.7 Å². The third-order valence-electron chi connectivity index (χ3n) is 4.27. The highest BCUT2D eigenvalue weighted by molar-refractivity contribution is 5.93. The van der Waals surface area contributed by atoms with Crippen LogP contribution in [0.15, 0.2) is 30.5 Å². The van der Waals surface area contributed by atoms with Crippen LogP contribution in [0, 0.1) is 12.8 Å². The second kappa shape index (κ2) is 5.17. The summed E-state index contributed by atoms with van der Waals surface area (Å²) in [5, 5.41) is 4.91. The number of nitrogens with one attached hydrogen (secondary N) is 1. The molecule has 1 aromatic heterocycles. The number of rotatable bonds is 3. The molecule has 0 spiro atoms. The van der Waals surface area contributed by atoms with Gasteiger partial charge in [0.1, 0.15) is 0 Å². The first-order valence-corrected chi connectivity index (χ1v) is 7.10. The Kier molecular flexibility index (Phi) is 3.38. The molecule has 1 saturated carbocycles. The minimum atomic E-state index is 0.510. The van der Waals surface area contributed by atoms with E-state index < -0.39 is 0 Å². The van der Waals surface area contributed by atoms with E-state index >= 15 is 0 Å². The third kappa shape index (κ3) is 2.30. The molecule has 1 heterocycles. The van der Waals surface area contributed by atoms with Crippen molar-refractivity contribution in [1.29, 1.82) is 0 Å². The Balaban J connectivity index is 1.95. The van der Waals surface area contributed by atoms with E-state index in [-0.39, 0.29) is 0 Å². The van der Waals surface area contributed by atoms with Crippen molar-refractivity contribution >= 4 is 16.6 Å². The zero-order valence-corrected chi connectivity index (χ0v) is 11.4. The van der Waals surface area contributed by atoms with Crippen LogP contribution in [-0.2, 0) is 0 Å². The summed E-state index contributed by atoms with van der Waals surface area (Å²) < 4.78 is 0. The van der Waals surface area contributed by atoms with E-state index in [1.165, 1.54) is 35.9 Å². The molecule has 1 aromatic carbocycles. The fourth-order valence-electron chi connectivity index (χ4n) is 3.15. The molecule has 0 radical (unpaired) electrons. The van der Waals surface area contributed by atoms with E-state index in [1.54, 1.807) is 0 Å². The summed E-state index contributed by atoms with van der Waals surface area (Å²) in [6.45, 7) is 2.89. The second-order valence-corrected chi connectivity index (χ2v) is 5.51. The maximum absolute atomic E-state index is 5.86. The number of hydrogen-bond donors (Lipinski definition) is 2. The highest BCUT2D eigenvalue weighted by Gasteiger charge is 2.26. The average Bonchev–Trinajstić information content (AvgIpc) is 2.89. The van der Waals surface area contributed by atoms with Crippen LogP contribution in [0.3, 0.4) is 0 Å². The highest BCUT2D eigenvalue weighted by Crippen LogP contribution is 2.31. The van der Waals surface area contributed by atoms with Gasteiger partial charge in [-0.25, -0.2) is 0 Å². The molecule has 1 aliphatic rings. The largest absolute Gasteiger partial charge is 0.381 e. The fraction of sp³-hybridized carbons (Fsp3) is 0.438. The Morgan fingerprint density at radius 2 is 2.21 bits per heavy atom. The van der Waals surface area contributed by atoms with E-state index in [0.29, 0.717) is 12.0 Å². The predicted octanol–water partition coefficient (Wildman–Crippen LogP) is 3.08. The van der Waals surface area contributed by atoms with Crippen molar-refractivity contribution in [3.63, 3.8) is 0 Å². The molecular weight excluding hydrogens is 234 g/mol. The van der Waals surface area contributed by atoms with Crippen molar-refractivity contribution < 1.29 is 0 Å². The molecule has 1 aliphatic carbocycles. The zero-order chi connectivity index (χ0) is 13.2. The maximum atomic E-state index is 5.86. The number of fused-ring (bicyclic) bond motifs is 1. The van der Waals surface area contributed by atoms with Gasteiger partial charge in [0.05, 0.1) is 5.52 Å². The lowest BCUT2D eigenvalue weighted by Gasteiger charge is -2.22. The summed E-state index contributed by atoms with van der Waals surface area (Å²) >= 11 is 0. The standard InChI is InChI=1S/C16H21N3/c1-11-7-8-15(13-5-3-9-18-16(11)13)19-14-6-2-4-12(14)10-17/h3,5,7-9,12,14,19H,2,4,6,10,17H2,1H3. The number of nitrogens with two attached hydrogens (primary N) is 1. The van der Waals surface area contributed by atoms with Gasteiger partial charge in [0.15, 0.2) is 0 Å². The molecule has 2 unspecified atom stereocenters. The number of pyridine rings is 1. The Morgan fingerprint density at radius 3 is 3.05 bits per heavy atom. The Hall–Kier alpha value is -1.61. The summed E-state index contributed by atoms with van der Waals surface area (Å²) in [7, 11) is 0. The number of benzene rings is 1. The molecule has 0 amide bonds. The van der Waals surface area contributed by atoms with Gasteiger partial charge in [-0.2, -0.15) is 0 Å². The number of aryl methyl sites for hydroxylation is 1. The van der Waals surface area contributed by atoms with Gasteiger partial charge in [-0.15, -0.1) is 0 Å². The van der Waals surface area contributed by atoms with Crippen molar-refractivity contribution in [2.75, 3.05) is 11.9 Å². The summed E-state index contributed by atoms with van der Waals surface area (Å²) in [5.41, 5.74) is 9.37. The van der Waals surface area contributed by atoms with Crippen LogP contribution in [0.25, 0.3) is 10.9 Å². The van der Waals surface area contributed by atoms with Gasteiger partial charge in [-0.3, -0.25) is 4.98 Å². The monoisotopic (exact) mass is 255 g/mol. The van der Waals surface area contributed by atoms with Crippen molar-refractivity contribution in [3.05, 3.63) is 36.0 Å². The lowest BCUT2D eigenvalue weighted by Crippen LogP contribution is -2.29. The molecule has 0 bridgehead atoms. The quantitative estimate of drug-likeness (QED) is 0.886. The van der Waals surface area contributed by atoms with Crippen LogP contribution in [0.1, 0.15) is 24.8 Å². The lowest BCUT2D eigenvalue weighted by atomic mass is 10.0. The van der Waals surface area contributed by atoms with Gasteiger partial charge in [0.2, 0.25) is 0 Å². The Bertz CT molecular complexity index is 579. The second-order valence-electron chi connectivity index (χ2n) is 5.51. The van der Waals surface area contributed by atoms with Crippen molar-refractivity contribution in [1.82, 2.24) is 4.98 Å². The molecule has 0 aliphatic heterocycles. The van der Waals surface area contributed by atoms with E-state index in [0.717, 1.165) is 12.1 Å². The maximum Gasteiger partial charge on any atom is 0.0751 e. The van der Waals surface area contributed by atoms with E-state index in [1.807, 2.05) is 12.3 Å². The van der Waals surface area contributed by atoms with E-state index in [4.69, 9.17) is 5.73 Å². The molecule has 1 fully saturated rings. The number of aromatic nitrogens is 1. The average molecular weight is 255 g/mol. The van der Waals surface area contributed by atoms with Crippen LogP contribution < -0.4 is 11.1 Å². The van der Waals surface area contributed by atoms with E-state index in [9.17, 15) is 0 Å². The summed E-state index contributed by atoms with van der Waals surface area (Å²) in [6, 6.07) is 8.97. The van der Waals surface area contributed by atoms with Gasteiger partial charge in [-0.1, -0.05) is 12.5 Å². The van der Waals surface area contributed by atoms with Crippen molar-refractivity contribution in [3.8, 4) is 0 Å².